The molecule has 0 aliphatic carbocycles. The van der Waals surface area contributed by atoms with E-state index in [0.717, 1.165) is 38.6 Å². The predicted molar refractivity (Wildman–Crippen MR) is 85.3 cm³/mol. The number of unbranched alkanes of at least 4 members (excludes halogenated alkanes) is 6. The number of rotatable bonds is 11. The molecule has 0 heterocycles. The second kappa shape index (κ2) is 17.1. The largest absolute Gasteiger partial charge is 0.355 e. The van der Waals surface area contributed by atoms with Gasteiger partial charge in [0, 0.05) is 15.8 Å². The van der Waals surface area contributed by atoms with E-state index in [0.29, 0.717) is 5.78 Å². The topological polar surface area (TPSA) is 72.2 Å². The quantitative estimate of drug-likeness (QED) is 0.569. The molecule has 0 aromatic heterocycles. The highest BCUT2D eigenvalue weighted by atomic mass is 16.1. The lowest BCUT2D eigenvalue weighted by Crippen LogP contribution is -2.30. The van der Waals surface area contributed by atoms with Crippen LogP contribution in [0.1, 0.15) is 75.0 Å². The second-order valence-corrected chi connectivity index (χ2v) is 4.48. The molecule has 0 aliphatic rings. The van der Waals surface area contributed by atoms with E-state index in [4.69, 9.17) is 5.73 Å². The highest BCUT2D eigenvalue weighted by Gasteiger charge is 1.96. The maximum atomic E-state index is 10.8. The molecule has 0 spiro atoms. The zero-order chi connectivity index (χ0) is 14.9. The molecular formula is C15H36N2O2. The molecule has 0 atom stereocenters. The summed E-state index contributed by atoms with van der Waals surface area (Å²) in [5, 5.41) is 2.75. The van der Waals surface area contributed by atoms with Gasteiger partial charge in [-0.2, -0.15) is 0 Å². The summed E-state index contributed by atoms with van der Waals surface area (Å²) in [6.45, 7) is 6.46. The molecule has 0 aliphatic heterocycles. The number of carbonyl (C=O) groups is 2. The Balaban J connectivity index is -0.000000344. The van der Waals surface area contributed by atoms with Crippen LogP contribution in [-0.2, 0) is 9.59 Å². The summed E-state index contributed by atoms with van der Waals surface area (Å²) in [6, 6.07) is 0. The zero-order valence-electron chi connectivity index (χ0n) is 13.0. The van der Waals surface area contributed by atoms with Crippen molar-refractivity contribution >= 4 is 11.7 Å². The number of carbonyl (C=O) groups excluding carboxylic acids is 2. The molecular weight excluding hydrogens is 240 g/mol. The lowest BCUT2D eigenvalue weighted by atomic mass is 10.1. The number of hydrogen-bond donors (Lipinski definition) is 2. The van der Waals surface area contributed by atoms with Crippen LogP contribution in [0.25, 0.3) is 0 Å². The molecule has 3 N–H and O–H groups in total. The molecule has 0 rings (SSSR count). The van der Waals surface area contributed by atoms with Crippen LogP contribution in [0.3, 0.4) is 0 Å². The van der Waals surface area contributed by atoms with Crippen molar-refractivity contribution in [3.8, 4) is 0 Å². The van der Waals surface area contributed by atoms with Crippen LogP contribution < -0.4 is 11.1 Å². The van der Waals surface area contributed by atoms with Gasteiger partial charge in [-0.25, -0.2) is 0 Å². The third kappa shape index (κ3) is 19.6. The molecule has 19 heavy (non-hydrogen) atoms. The maximum Gasteiger partial charge on any atom is 0.233 e. The molecule has 118 valence electrons. The Bertz CT molecular complexity index is 228. The minimum Gasteiger partial charge on any atom is -0.355 e. The molecule has 0 saturated heterocycles. The van der Waals surface area contributed by atoms with Gasteiger partial charge in [-0.3, -0.25) is 4.79 Å². The fraction of sp³-hybridized carbons (Fsp3) is 0.867. The number of nitrogens with two attached hydrogens (primary N) is 1. The first kappa shape index (κ1) is 20.4. The molecule has 0 unspecified atom stereocenters. The summed E-state index contributed by atoms with van der Waals surface area (Å²) in [5.74, 6) is 0.217. The summed E-state index contributed by atoms with van der Waals surface area (Å²) < 4.78 is 0. The Labute approximate surface area is 121 Å². The lowest BCUT2D eigenvalue weighted by molar-refractivity contribution is -0.119. The van der Waals surface area contributed by atoms with Crippen LogP contribution in [-0.4, -0.2) is 24.8 Å². The van der Waals surface area contributed by atoms with Gasteiger partial charge in [0.25, 0.3) is 0 Å². The number of nitrogens with one attached hydrogen (secondary N) is 1. The number of Topliss-reactive ketones (excluding diaryl/α,β-unsaturated/α-hetero) is 1. The van der Waals surface area contributed by atoms with E-state index in [2.05, 4.69) is 5.32 Å². The van der Waals surface area contributed by atoms with Gasteiger partial charge < -0.3 is 15.8 Å². The van der Waals surface area contributed by atoms with Gasteiger partial charge in [-0.15, -0.1) is 0 Å². The van der Waals surface area contributed by atoms with Crippen LogP contribution in [0.4, 0.5) is 0 Å². The maximum absolute atomic E-state index is 10.8. The van der Waals surface area contributed by atoms with Gasteiger partial charge in [0.05, 0.1) is 6.54 Å². The number of hydrogen-bond acceptors (Lipinski definition) is 3. The van der Waals surface area contributed by atoms with E-state index in [1.807, 2.05) is 13.8 Å². The Morgan fingerprint density at radius 2 is 1.42 bits per heavy atom. The SMILES string of the molecule is CC.CC(=O)CCCCCCCCCNC(=O)CN.[HH].[HH]. The van der Waals surface area contributed by atoms with Gasteiger partial charge in [0.15, 0.2) is 0 Å². The van der Waals surface area contributed by atoms with Crippen molar-refractivity contribution in [2.24, 2.45) is 5.73 Å². The minimum absolute atomic E-state index is 0. The van der Waals surface area contributed by atoms with Crippen LogP contribution in [0.15, 0.2) is 0 Å². The minimum atomic E-state index is -0.0748. The number of ketones is 1. The lowest BCUT2D eigenvalue weighted by Gasteiger charge is -2.03. The van der Waals surface area contributed by atoms with Gasteiger partial charge >= 0.3 is 0 Å². The van der Waals surface area contributed by atoms with Crippen molar-refractivity contribution in [2.45, 2.75) is 72.1 Å². The predicted octanol–water partition coefficient (Wildman–Crippen LogP) is 3.29. The van der Waals surface area contributed by atoms with E-state index < -0.39 is 0 Å². The third-order valence-electron chi connectivity index (χ3n) is 2.71. The van der Waals surface area contributed by atoms with Crippen molar-refractivity contribution < 1.29 is 12.4 Å². The van der Waals surface area contributed by atoms with Gasteiger partial charge in [-0.1, -0.05) is 46.0 Å². The highest BCUT2D eigenvalue weighted by molar-refractivity contribution is 5.77. The summed E-state index contributed by atoms with van der Waals surface area (Å²) in [6.07, 6.45) is 8.73. The van der Waals surface area contributed by atoms with Gasteiger partial charge in [0.2, 0.25) is 5.91 Å². The first-order chi connectivity index (χ1) is 9.16. The molecule has 4 nitrogen and oxygen atoms in total. The fourth-order valence-corrected chi connectivity index (χ4v) is 1.68. The summed E-state index contributed by atoms with van der Waals surface area (Å²) in [7, 11) is 0. The van der Waals surface area contributed by atoms with E-state index >= 15 is 0 Å². The number of amides is 1. The average molecular weight is 276 g/mol. The zero-order valence-corrected chi connectivity index (χ0v) is 13.0. The van der Waals surface area contributed by atoms with E-state index in [1.54, 1.807) is 6.92 Å². The summed E-state index contributed by atoms with van der Waals surface area (Å²) in [4.78, 5) is 21.5. The smallest absolute Gasteiger partial charge is 0.233 e. The van der Waals surface area contributed by atoms with Gasteiger partial charge in [-0.05, 0) is 19.8 Å². The van der Waals surface area contributed by atoms with Gasteiger partial charge in [0.1, 0.15) is 5.78 Å². The second-order valence-electron chi connectivity index (χ2n) is 4.48. The van der Waals surface area contributed by atoms with Crippen molar-refractivity contribution in [3.63, 3.8) is 0 Å². The van der Waals surface area contributed by atoms with Crippen LogP contribution >= 0.6 is 0 Å². The van der Waals surface area contributed by atoms with Crippen molar-refractivity contribution in [1.29, 1.82) is 0 Å². The van der Waals surface area contributed by atoms with Crippen LogP contribution in [0.2, 0.25) is 0 Å². The Kier molecular flexibility index (Phi) is 18.4. The fourth-order valence-electron chi connectivity index (χ4n) is 1.68. The molecule has 0 saturated carbocycles. The molecule has 0 bridgehead atoms. The molecule has 0 aromatic rings. The Morgan fingerprint density at radius 1 is 0.947 bits per heavy atom. The summed E-state index contributed by atoms with van der Waals surface area (Å²) in [5.41, 5.74) is 5.17. The highest BCUT2D eigenvalue weighted by Crippen LogP contribution is 2.08. The molecule has 4 heteroatoms. The van der Waals surface area contributed by atoms with E-state index in [9.17, 15) is 9.59 Å². The normalized spacial score (nSPS) is 9.47. The Hall–Kier alpha value is -0.900. The Morgan fingerprint density at radius 3 is 1.89 bits per heavy atom. The molecule has 1 amide bonds. The van der Waals surface area contributed by atoms with Crippen LogP contribution in [0, 0.1) is 0 Å². The van der Waals surface area contributed by atoms with E-state index in [-0.39, 0.29) is 15.3 Å². The van der Waals surface area contributed by atoms with Crippen molar-refractivity contribution in [3.05, 3.63) is 0 Å². The third-order valence-corrected chi connectivity index (χ3v) is 2.71. The van der Waals surface area contributed by atoms with E-state index in [1.165, 1.54) is 19.3 Å². The first-order valence-corrected chi connectivity index (χ1v) is 7.63. The first-order valence-electron chi connectivity index (χ1n) is 7.63. The standard InChI is InChI=1S/C13H26N2O2.C2H6.2H2/c1-12(16)9-7-5-3-2-4-6-8-10-15-13(17)11-14;1-2;;/h2-11,14H2,1H3,(H,15,17);1-2H3;2*1H. The molecule has 0 radical (unpaired) electrons. The van der Waals surface area contributed by atoms with Crippen LogP contribution in [0.5, 0.6) is 0 Å². The van der Waals surface area contributed by atoms with Crippen molar-refractivity contribution in [2.75, 3.05) is 13.1 Å². The average Bonchev–Trinajstić information content (AvgIpc) is 2.42. The van der Waals surface area contributed by atoms with Crippen molar-refractivity contribution in [1.82, 2.24) is 5.32 Å². The molecule has 0 fully saturated rings. The summed E-state index contributed by atoms with van der Waals surface area (Å²) >= 11 is 0. The monoisotopic (exact) mass is 276 g/mol. The molecule has 0 aromatic carbocycles.